The number of likely N-dealkylation sites (tertiary alicyclic amines) is 1. The molecule has 20 heavy (non-hydrogen) atoms. The molecule has 114 valence electrons. The molecule has 1 N–H and O–H groups in total. The Hall–Kier alpha value is -1.26. The molecule has 1 aliphatic heterocycles. The number of carboxylic acids is 1. The average Bonchev–Trinajstić information content (AvgIpc) is 2.81. The lowest BCUT2D eigenvalue weighted by atomic mass is 9.89. The first-order chi connectivity index (χ1) is 9.49. The van der Waals surface area contributed by atoms with Crippen LogP contribution in [0.3, 0.4) is 0 Å². The van der Waals surface area contributed by atoms with Crippen LogP contribution >= 0.6 is 0 Å². The maximum atomic E-state index is 12.4. The molecule has 0 radical (unpaired) electrons. The Morgan fingerprint density at radius 2 is 1.85 bits per heavy atom. The van der Waals surface area contributed by atoms with Crippen molar-refractivity contribution >= 4 is 12.0 Å². The van der Waals surface area contributed by atoms with Gasteiger partial charge in [0.1, 0.15) is 0 Å². The highest BCUT2D eigenvalue weighted by molar-refractivity contribution is 5.77. The van der Waals surface area contributed by atoms with E-state index < -0.39 is 11.9 Å². The molecular formula is C15H26N2O3. The van der Waals surface area contributed by atoms with Gasteiger partial charge in [-0.25, -0.2) is 4.79 Å². The molecule has 1 saturated heterocycles. The summed E-state index contributed by atoms with van der Waals surface area (Å²) in [5.74, 6) is -0.544. The lowest BCUT2D eigenvalue weighted by Gasteiger charge is -2.30. The second-order valence-electron chi connectivity index (χ2n) is 6.49. The zero-order chi connectivity index (χ0) is 14.7. The highest BCUT2D eigenvalue weighted by Crippen LogP contribution is 2.26. The van der Waals surface area contributed by atoms with Crippen LogP contribution in [0.1, 0.15) is 39.0 Å². The van der Waals surface area contributed by atoms with Crippen LogP contribution in [0.2, 0.25) is 0 Å². The van der Waals surface area contributed by atoms with Gasteiger partial charge < -0.3 is 14.9 Å². The summed E-state index contributed by atoms with van der Waals surface area (Å²) in [7, 11) is 1.84. The second-order valence-corrected chi connectivity index (χ2v) is 6.49. The van der Waals surface area contributed by atoms with Crippen LogP contribution in [0.5, 0.6) is 0 Å². The molecular weight excluding hydrogens is 256 g/mol. The number of hydrogen-bond donors (Lipinski definition) is 1. The smallest absolute Gasteiger partial charge is 0.319 e. The summed E-state index contributed by atoms with van der Waals surface area (Å²) in [4.78, 5) is 27.0. The van der Waals surface area contributed by atoms with Crippen LogP contribution in [0, 0.1) is 17.8 Å². The summed E-state index contributed by atoms with van der Waals surface area (Å²) in [6, 6.07) is -0.00817. The summed E-state index contributed by atoms with van der Waals surface area (Å²) in [5, 5.41) is 9.13. The summed E-state index contributed by atoms with van der Waals surface area (Å²) in [5.41, 5.74) is 0. The van der Waals surface area contributed by atoms with Crippen molar-refractivity contribution in [2.75, 3.05) is 26.7 Å². The third kappa shape index (κ3) is 3.44. The number of carbonyl (C=O) groups is 2. The third-order valence-corrected chi connectivity index (χ3v) is 4.78. The van der Waals surface area contributed by atoms with Crippen LogP contribution in [0.25, 0.3) is 0 Å². The van der Waals surface area contributed by atoms with E-state index in [2.05, 4.69) is 0 Å². The number of nitrogens with zero attached hydrogens (tertiary/aromatic N) is 2. The molecule has 2 fully saturated rings. The molecule has 0 aromatic carbocycles. The van der Waals surface area contributed by atoms with Gasteiger partial charge in [-0.05, 0) is 24.7 Å². The molecule has 1 saturated carbocycles. The van der Waals surface area contributed by atoms with Crippen molar-refractivity contribution < 1.29 is 14.7 Å². The largest absolute Gasteiger partial charge is 0.481 e. The summed E-state index contributed by atoms with van der Waals surface area (Å²) < 4.78 is 0. The molecule has 0 aromatic heterocycles. The molecule has 0 spiro atoms. The zero-order valence-electron chi connectivity index (χ0n) is 12.5. The normalized spacial score (nSPS) is 27.6. The lowest BCUT2D eigenvalue weighted by molar-refractivity contribution is -0.142. The number of aliphatic carboxylic acids is 1. The van der Waals surface area contributed by atoms with E-state index in [4.69, 9.17) is 5.11 Å². The molecule has 2 rings (SSSR count). The number of carboxylic acid groups (broad SMARTS) is 1. The van der Waals surface area contributed by atoms with Crippen LogP contribution in [0.15, 0.2) is 0 Å². The van der Waals surface area contributed by atoms with Crippen molar-refractivity contribution in [1.82, 2.24) is 9.80 Å². The van der Waals surface area contributed by atoms with Crippen molar-refractivity contribution in [3.8, 4) is 0 Å². The van der Waals surface area contributed by atoms with Gasteiger partial charge in [-0.15, -0.1) is 0 Å². The fraction of sp³-hybridized carbons (Fsp3) is 0.867. The summed E-state index contributed by atoms with van der Waals surface area (Å²) in [6.45, 7) is 3.63. The minimum Gasteiger partial charge on any atom is -0.481 e. The first-order valence-electron chi connectivity index (χ1n) is 7.72. The van der Waals surface area contributed by atoms with Gasteiger partial charge in [-0.3, -0.25) is 4.79 Å². The van der Waals surface area contributed by atoms with Crippen molar-refractivity contribution in [1.29, 1.82) is 0 Å². The predicted octanol–water partition coefficient (Wildman–Crippen LogP) is 2.27. The highest BCUT2D eigenvalue weighted by Gasteiger charge is 2.38. The van der Waals surface area contributed by atoms with E-state index >= 15 is 0 Å². The van der Waals surface area contributed by atoms with E-state index in [0.717, 1.165) is 6.54 Å². The van der Waals surface area contributed by atoms with E-state index in [-0.39, 0.29) is 11.9 Å². The maximum Gasteiger partial charge on any atom is 0.319 e. The van der Waals surface area contributed by atoms with Gasteiger partial charge in [-0.2, -0.15) is 0 Å². The monoisotopic (exact) mass is 282 g/mol. The summed E-state index contributed by atoms with van der Waals surface area (Å²) in [6.07, 6.45) is 6.29. The van der Waals surface area contributed by atoms with Crippen LogP contribution < -0.4 is 0 Å². The molecule has 2 atom stereocenters. The van der Waals surface area contributed by atoms with Crippen LogP contribution in [-0.2, 0) is 4.79 Å². The maximum absolute atomic E-state index is 12.4. The topological polar surface area (TPSA) is 60.9 Å². The van der Waals surface area contributed by atoms with Crippen LogP contribution in [-0.4, -0.2) is 53.6 Å². The number of rotatable bonds is 3. The molecule has 5 heteroatoms. The Labute approximate surface area is 120 Å². The van der Waals surface area contributed by atoms with Gasteiger partial charge in [0, 0.05) is 26.7 Å². The first kappa shape index (κ1) is 15.1. The van der Waals surface area contributed by atoms with Gasteiger partial charge in [-0.1, -0.05) is 26.2 Å². The fourth-order valence-electron chi connectivity index (χ4n) is 3.52. The predicted molar refractivity (Wildman–Crippen MR) is 76.5 cm³/mol. The molecule has 2 unspecified atom stereocenters. The fourth-order valence-corrected chi connectivity index (χ4v) is 3.52. The van der Waals surface area contributed by atoms with Gasteiger partial charge >= 0.3 is 12.0 Å². The Bertz CT molecular complexity index is 366. The van der Waals surface area contributed by atoms with Crippen molar-refractivity contribution in [3.05, 3.63) is 0 Å². The van der Waals surface area contributed by atoms with Gasteiger partial charge in [0.25, 0.3) is 0 Å². The highest BCUT2D eigenvalue weighted by atomic mass is 16.4. The van der Waals surface area contributed by atoms with Crippen LogP contribution in [0.4, 0.5) is 4.79 Å². The van der Waals surface area contributed by atoms with Crippen molar-refractivity contribution in [2.24, 2.45) is 17.8 Å². The van der Waals surface area contributed by atoms with E-state index in [1.165, 1.54) is 32.1 Å². The van der Waals surface area contributed by atoms with Gasteiger partial charge in [0.2, 0.25) is 0 Å². The average molecular weight is 282 g/mol. The van der Waals surface area contributed by atoms with E-state index in [9.17, 15) is 9.59 Å². The molecule has 2 amide bonds. The molecule has 1 aliphatic carbocycles. The number of hydrogen-bond acceptors (Lipinski definition) is 2. The Morgan fingerprint density at radius 1 is 1.20 bits per heavy atom. The molecule has 0 aromatic rings. The molecule has 2 aliphatic rings. The standard InChI is InChI=1S/C15H26N2O3/c1-11-8-17(10-13(11)14(18)19)15(20)16(2)9-12-6-4-3-5-7-12/h11-13H,3-10H2,1-2H3,(H,18,19). The van der Waals surface area contributed by atoms with Crippen molar-refractivity contribution in [3.63, 3.8) is 0 Å². The van der Waals surface area contributed by atoms with E-state index in [1.807, 2.05) is 14.0 Å². The van der Waals surface area contributed by atoms with E-state index in [0.29, 0.717) is 19.0 Å². The van der Waals surface area contributed by atoms with Gasteiger partial charge in [0.15, 0.2) is 0 Å². The quantitative estimate of drug-likeness (QED) is 0.863. The number of amides is 2. The Balaban J connectivity index is 1.85. The lowest BCUT2D eigenvalue weighted by Crippen LogP contribution is -2.42. The SMILES string of the molecule is CC1CN(C(=O)N(C)CC2CCCCC2)CC1C(=O)O. The number of urea groups is 1. The summed E-state index contributed by atoms with van der Waals surface area (Å²) >= 11 is 0. The Kier molecular flexibility index (Phi) is 4.89. The molecule has 5 nitrogen and oxygen atoms in total. The van der Waals surface area contributed by atoms with Crippen molar-refractivity contribution in [2.45, 2.75) is 39.0 Å². The molecule has 1 heterocycles. The second kappa shape index (κ2) is 6.46. The first-order valence-corrected chi connectivity index (χ1v) is 7.72. The minimum atomic E-state index is -0.789. The van der Waals surface area contributed by atoms with E-state index in [1.54, 1.807) is 9.80 Å². The minimum absolute atomic E-state index is 0.00817. The zero-order valence-corrected chi connectivity index (χ0v) is 12.5. The molecule has 0 bridgehead atoms. The van der Waals surface area contributed by atoms with Gasteiger partial charge in [0.05, 0.1) is 5.92 Å². The Morgan fingerprint density at radius 3 is 2.40 bits per heavy atom. The number of carbonyl (C=O) groups excluding carboxylic acids is 1. The third-order valence-electron chi connectivity index (χ3n) is 4.78.